The van der Waals surface area contributed by atoms with Gasteiger partial charge in [0.2, 0.25) is 0 Å². The molecule has 0 spiro atoms. The van der Waals surface area contributed by atoms with Gasteiger partial charge in [-0.1, -0.05) is 81.4 Å². The number of rotatable bonds is 8. The van der Waals surface area contributed by atoms with Crippen LogP contribution in [0.2, 0.25) is 0 Å². The van der Waals surface area contributed by atoms with Gasteiger partial charge in [-0.25, -0.2) is 0 Å². The Morgan fingerprint density at radius 3 is 1.58 bits per heavy atom. The predicted octanol–water partition coefficient (Wildman–Crippen LogP) is 2.61. The van der Waals surface area contributed by atoms with Crippen LogP contribution in [0, 0.1) is 5.41 Å². The maximum atomic E-state index is 9.49. The van der Waals surface area contributed by atoms with E-state index in [2.05, 4.69) is 45.0 Å². The van der Waals surface area contributed by atoms with E-state index in [0.717, 1.165) is 11.3 Å². The lowest BCUT2D eigenvalue weighted by atomic mass is 9.89. The van der Waals surface area contributed by atoms with E-state index in [4.69, 9.17) is 4.43 Å². The molecule has 0 bridgehead atoms. The van der Waals surface area contributed by atoms with Gasteiger partial charge in [0.05, 0.1) is 5.76 Å². The first-order valence-electron chi connectivity index (χ1n) is 9.18. The minimum absolute atomic E-state index is 0.0567. The Labute approximate surface area is 158 Å². The largest absolute Gasteiger partial charge is 0.540 e. The number of allylic oxidation sites excluding steroid dienone is 1. The summed E-state index contributed by atoms with van der Waals surface area (Å²) in [6, 6.07) is 20.7. The second-order valence-corrected chi connectivity index (χ2v) is 9.78. The number of hydrogen-bond donors (Lipinski definition) is 2. The van der Waals surface area contributed by atoms with Crippen molar-refractivity contribution in [1.82, 2.24) is 0 Å². The summed E-state index contributed by atoms with van der Waals surface area (Å²) in [6.45, 7) is 6.48. The molecule has 0 saturated carbocycles. The average molecular weight is 371 g/mol. The molecular weight excluding hydrogens is 340 g/mol. The molecular formula is C22H30O3Si. The molecule has 2 rings (SSSR count). The second-order valence-electron chi connectivity index (χ2n) is 7.45. The van der Waals surface area contributed by atoms with Gasteiger partial charge < -0.3 is 14.6 Å². The van der Waals surface area contributed by atoms with Crippen LogP contribution in [-0.2, 0) is 4.43 Å². The monoisotopic (exact) mass is 370 g/mol. The van der Waals surface area contributed by atoms with Crippen molar-refractivity contribution >= 4 is 19.4 Å². The van der Waals surface area contributed by atoms with Crippen molar-refractivity contribution in [2.45, 2.75) is 33.6 Å². The summed E-state index contributed by atoms with van der Waals surface area (Å²) in [7, 11) is -1.94. The lowest BCUT2D eigenvalue weighted by Gasteiger charge is -2.31. The van der Waals surface area contributed by atoms with Crippen LogP contribution in [-0.4, -0.2) is 32.5 Å². The Balaban J connectivity index is 2.51. The van der Waals surface area contributed by atoms with E-state index in [1.807, 2.05) is 36.4 Å². The Morgan fingerprint density at radius 2 is 1.23 bits per heavy atom. The highest BCUT2D eigenvalue weighted by atomic mass is 28.3. The third-order valence-electron chi connectivity index (χ3n) is 4.27. The summed E-state index contributed by atoms with van der Waals surface area (Å²) in [5, 5.41) is 21.4. The summed E-state index contributed by atoms with van der Waals surface area (Å²) in [5.41, 5.74) is 0.806. The van der Waals surface area contributed by atoms with Gasteiger partial charge in [-0.3, -0.25) is 0 Å². The molecule has 3 nitrogen and oxygen atoms in total. The molecule has 26 heavy (non-hydrogen) atoms. The van der Waals surface area contributed by atoms with Gasteiger partial charge in [0.1, 0.15) is 0 Å². The predicted molar refractivity (Wildman–Crippen MR) is 110 cm³/mol. The molecule has 0 fully saturated rings. The average Bonchev–Trinajstić information content (AvgIpc) is 2.63. The van der Waals surface area contributed by atoms with Crippen molar-refractivity contribution in [2.75, 3.05) is 13.2 Å². The van der Waals surface area contributed by atoms with Gasteiger partial charge in [0, 0.05) is 18.6 Å². The van der Waals surface area contributed by atoms with Crippen molar-refractivity contribution in [2.24, 2.45) is 5.41 Å². The van der Waals surface area contributed by atoms with E-state index in [9.17, 15) is 10.2 Å². The number of benzene rings is 2. The molecule has 2 aromatic rings. The quantitative estimate of drug-likeness (QED) is 0.555. The van der Waals surface area contributed by atoms with Crippen LogP contribution in [0.4, 0.5) is 0 Å². The number of aliphatic hydroxyl groups excluding tert-OH is 2. The minimum atomic E-state index is -1.94. The molecule has 0 atom stereocenters. The molecule has 0 heterocycles. The van der Waals surface area contributed by atoms with Gasteiger partial charge in [0.15, 0.2) is 0 Å². The van der Waals surface area contributed by atoms with Crippen molar-refractivity contribution in [3.8, 4) is 0 Å². The molecule has 0 aliphatic rings. The van der Waals surface area contributed by atoms with E-state index in [-0.39, 0.29) is 18.6 Å². The molecule has 4 heteroatoms. The zero-order chi connectivity index (χ0) is 19.0. The number of aliphatic hydroxyl groups is 2. The normalized spacial score (nSPS) is 11.5. The zero-order valence-electron chi connectivity index (χ0n) is 16.0. The van der Waals surface area contributed by atoms with Crippen molar-refractivity contribution in [3.63, 3.8) is 0 Å². The number of hydrogen-bond acceptors (Lipinski definition) is 3. The standard InChI is InChI=1S/C22H30O3Si/c1-22(2,3)21(18(14-16-23)15-17-24)25-26(19-10-6-4-7-11-19)20-12-8-5-9-13-20/h4-13,23-24,26H,14-17H2,1-3H3. The summed E-state index contributed by atoms with van der Waals surface area (Å²) in [4.78, 5) is 0. The van der Waals surface area contributed by atoms with Crippen molar-refractivity contribution in [3.05, 3.63) is 72.0 Å². The van der Waals surface area contributed by atoms with Crippen LogP contribution < -0.4 is 10.4 Å². The molecule has 140 valence electrons. The van der Waals surface area contributed by atoms with Crippen LogP contribution in [0.3, 0.4) is 0 Å². The van der Waals surface area contributed by atoms with E-state index in [1.54, 1.807) is 0 Å². The Kier molecular flexibility index (Phi) is 7.63. The van der Waals surface area contributed by atoms with Crippen LogP contribution >= 0.6 is 0 Å². The molecule has 2 N–H and O–H groups in total. The first-order chi connectivity index (χ1) is 12.5. The molecule has 0 radical (unpaired) electrons. The molecule has 0 aliphatic carbocycles. The fourth-order valence-corrected chi connectivity index (χ4v) is 5.67. The van der Waals surface area contributed by atoms with E-state index < -0.39 is 9.04 Å². The second kappa shape index (κ2) is 9.71. The lowest BCUT2D eigenvalue weighted by Crippen LogP contribution is -2.46. The lowest BCUT2D eigenvalue weighted by molar-refractivity contribution is 0.255. The van der Waals surface area contributed by atoms with E-state index >= 15 is 0 Å². The molecule has 0 aliphatic heterocycles. The van der Waals surface area contributed by atoms with Crippen LogP contribution in [0.15, 0.2) is 72.0 Å². The van der Waals surface area contributed by atoms with Gasteiger partial charge in [-0.15, -0.1) is 0 Å². The van der Waals surface area contributed by atoms with Crippen LogP contribution in [0.1, 0.15) is 33.6 Å². The molecule has 0 amide bonds. The van der Waals surface area contributed by atoms with Crippen LogP contribution in [0.5, 0.6) is 0 Å². The smallest absolute Gasteiger partial charge is 0.298 e. The highest BCUT2D eigenvalue weighted by molar-refractivity contribution is 6.80. The van der Waals surface area contributed by atoms with Gasteiger partial charge in [-0.05, 0) is 28.8 Å². The minimum Gasteiger partial charge on any atom is -0.540 e. The fourth-order valence-electron chi connectivity index (χ4n) is 3.11. The van der Waals surface area contributed by atoms with E-state index in [0.29, 0.717) is 12.8 Å². The summed E-state index contributed by atoms with van der Waals surface area (Å²) in [5.74, 6) is 0.907. The van der Waals surface area contributed by atoms with Gasteiger partial charge >= 0.3 is 0 Å². The molecule has 0 aromatic heterocycles. The third-order valence-corrected chi connectivity index (χ3v) is 6.72. The SMILES string of the molecule is CC(C)(C)C(O[SiH](c1ccccc1)c1ccccc1)=C(CCO)CCO. The van der Waals surface area contributed by atoms with Gasteiger partial charge in [-0.2, -0.15) is 0 Å². The molecule has 2 aromatic carbocycles. The van der Waals surface area contributed by atoms with Crippen molar-refractivity contribution < 1.29 is 14.6 Å². The molecule has 0 unspecified atom stereocenters. The highest BCUT2D eigenvalue weighted by Crippen LogP contribution is 2.32. The zero-order valence-corrected chi connectivity index (χ0v) is 17.1. The van der Waals surface area contributed by atoms with Crippen LogP contribution in [0.25, 0.3) is 0 Å². The molecule has 0 saturated heterocycles. The topological polar surface area (TPSA) is 49.7 Å². The first-order valence-corrected chi connectivity index (χ1v) is 10.8. The van der Waals surface area contributed by atoms with E-state index in [1.165, 1.54) is 10.4 Å². The maximum Gasteiger partial charge on any atom is 0.298 e. The maximum absolute atomic E-state index is 9.49. The highest BCUT2D eigenvalue weighted by Gasteiger charge is 2.28. The third kappa shape index (κ3) is 5.56. The Hall–Kier alpha value is -1.88. The summed E-state index contributed by atoms with van der Waals surface area (Å²) in [6.07, 6.45) is 1.05. The Bertz CT molecular complexity index is 643. The van der Waals surface area contributed by atoms with Crippen molar-refractivity contribution in [1.29, 1.82) is 0 Å². The summed E-state index contributed by atoms with van der Waals surface area (Å²) < 4.78 is 6.75. The first kappa shape index (κ1) is 20.4. The van der Waals surface area contributed by atoms with Gasteiger partial charge in [0.25, 0.3) is 9.04 Å². The fraction of sp³-hybridized carbons (Fsp3) is 0.364. The summed E-state index contributed by atoms with van der Waals surface area (Å²) >= 11 is 0. The Morgan fingerprint density at radius 1 is 0.808 bits per heavy atom.